The first-order chi connectivity index (χ1) is 6.19. The van der Waals surface area contributed by atoms with Crippen molar-refractivity contribution in [2.24, 2.45) is 0 Å². The van der Waals surface area contributed by atoms with Gasteiger partial charge in [0.1, 0.15) is 0 Å². The van der Waals surface area contributed by atoms with Crippen molar-refractivity contribution in [2.45, 2.75) is 19.4 Å². The first kappa shape index (κ1) is 9.86. The third-order valence-corrected chi connectivity index (χ3v) is 2.11. The molecule has 1 unspecified atom stereocenters. The molecule has 0 fully saturated rings. The van der Waals surface area contributed by atoms with Crippen LogP contribution in [-0.4, -0.2) is 7.11 Å². The van der Waals surface area contributed by atoms with Gasteiger partial charge in [-0.05, 0) is 18.6 Å². The molecule has 0 aromatic heterocycles. The largest absolute Gasteiger partial charge is 0.399 e. The van der Waals surface area contributed by atoms with Gasteiger partial charge in [-0.15, -0.1) is 0 Å². The van der Waals surface area contributed by atoms with Gasteiger partial charge in [0, 0.05) is 24.0 Å². The van der Waals surface area contributed by atoms with Crippen LogP contribution in [0.25, 0.3) is 0 Å². The van der Waals surface area contributed by atoms with Crippen LogP contribution in [0, 0.1) is 0 Å². The number of nitrogen functional groups attached to an aromatic ring is 2. The smallest absolute Gasteiger partial charge is 0.0838 e. The fraction of sp³-hybridized carbons (Fsp3) is 0.400. The van der Waals surface area contributed by atoms with E-state index in [0.717, 1.165) is 12.0 Å². The molecule has 72 valence electrons. The van der Waals surface area contributed by atoms with E-state index < -0.39 is 0 Å². The van der Waals surface area contributed by atoms with Crippen LogP contribution >= 0.6 is 0 Å². The van der Waals surface area contributed by atoms with Crippen LogP contribution in [0.1, 0.15) is 25.0 Å². The van der Waals surface area contributed by atoms with Gasteiger partial charge in [-0.1, -0.05) is 13.0 Å². The predicted molar refractivity (Wildman–Crippen MR) is 55.3 cm³/mol. The monoisotopic (exact) mass is 180 g/mol. The molecule has 0 amide bonds. The summed E-state index contributed by atoms with van der Waals surface area (Å²) in [6.45, 7) is 2.06. The summed E-state index contributed by atoms with van der Waals surface area (Å²) < 4.78 is 5.29. The molecule has 0 saturated heterocycles. The molecule has 0 aliphatic heterocycles. The minimum atomic E-state index is 0.0700. The van der Waals surface area contributed by atoms with Gasteiger partial charge < -0.3 is 16.2 Å². The zero-order valence-corrected chi connectivity index (χ0v) is 8.08. The molecule has 4 N–H and O–H groups in total. The summed E-state index contributed by atoms with van der Waals surface area (Å²) in [4.78, 5) is 0. The van der Waals surface area contributed by atoms with E-state index in [4.69, 9.17) is 16.2 Å². The number of benzene rings is 1. The first-order valence-electron chi connectivity index (χ1n) is 4.36. The molecule has 1 aromatic carbocycles. The summed E-state index contributed by atoms with van der Waals surface area (Å²) in [5, 5.41) is 0. The Morgan fingerprint density at radius 1 is 1.38 bits per heavy atom. The van der Waals surface area contributed by atoms with Crippen molar-refractivity contribution < 1.29 is 4.74 Å². The van der Waals surface area contributed by atoms with Gasteiger partial charge in [0.15, 0.2) is 0 Å². The van der Waals surface area contributed by atoms with E-state index in [1.165, 1.54) is 0 Å². The van der Waals surface area contributed by atoms with Gasteiger partial charge in [-0.2, -0.15) is 0 Å². The minimum absolute atomic E-state index is 0.0700. The van der Waals surface area contributed by atoms with Crippen molar-refractivity contribution in [1.29, 1.82) is 0 Å². The Morgan fingerprint density at radius 3 is 2.54 bits per heavy atom. The fourth-order valence-electron chi connectivity index (χ4n) is 1.40. The molecule has 0 bridgehead atoms. The number of rotatable bonds is 3. The van der Waals surface area contributed by atoms with Crippen molar-refractivity contribution in [1.82, 2.24) is 0 Å². The molecule has 0 heterocycles. The highest BCUT2D eigenvalue weighted by molar-refractivity contribution is 5.57. The summed E-state index contributed by atoms with van der Waals surface area (Å²) in [6, 6.07) is 5.52. The molecule has 1 aromatic rings. The molecule has 3 heteroatoms. The predicted octanol–water partition coefficient (Wildman–Crippen LogP) is 1.95. The molecule has 0 aliphatic rings. The topological polar surface area (TPSA) is 61.3 Å². The summed E-state index contributed by atoms with van der Waals surface area (Å²) in [5.74, 6) is 0. The highest BCUT2D eigenvalue weighted by Gasteiger charge is 2.10. The van der Waals surface area contributed by atoms with Crippen molar-refractivity contribution in [3.8, 4) is 0 Å². The summed E-state index contributed by atoms with van der Waals surface area (Å²) in [7, 11) is 1.68. The third kappa shape index (κ3) is 2.12. The Kier molecular flexibility index (Phi) is 3.14. The maximum absolute atomic E-state index is 5.81. The first-order valence-corrected chi connectivity index (χ1v) is 4.36. The lowest BCUT2D eigenvalue weighted by Crippen LogP contribution is -2.04. The number of methoxy groups -OCH3 is 1. The Bertz CT molecular complexity index is 282. The zero-order valence-electron chi connectivity index (χ0n) is 8.08. The van der Waals surface area contributed by atoms with Crippen molar-refractivity contribution in [3.05, 3.63) is 23.8 Å². The van der Waals surface area contributed by atoms with Crippen molar-refractivity contribution in [3.63, 3.8) is 0 Å². The second-order valence-electron chi connectivity index (χ2n) is 3.02. The number of anilines is 2. The second kappa shape index (κ2) is 4.14. The molecule has 13 heavy (non-hydrogen) atoms. The minimum Gasteiger partial charge on any atom is -0.399 e. The maximum Gasteiger partial charge on any atom is 0.0838 e. The van der Waals surface area contributed by atoms with Crippen molar-refractivity contribution in [2.75, 3.05) is 18.6 Å². The molecule has 1 atom stereocenters. The average molecular weight is 180 g/mol. The molecular formula is C10H16N2O. The highest BCUT2D eigenvalue weighted by Crippen LogP contribution is 2.26. The number of hydrogen-bond donors (Lipinski definition) is 2. The average Bonchev–Trinajstić information content (AvgIpc) is 2.10. The molecule has 0 spiro atoms. The van der Waals surface area contributed by atoms with E-state index >= 15 is 0 Å². The lowest BCUT2D eigenvalue weighted by atomic mass is 10.0. The van der Waals surface area contributed by atoms with E-state index in [0.29, 0.717) is 11.4 Å². The summed E-state index contributed by atoms with van der Waals surface area (Å²) in [6.07, 6.45) is 0.977. The van der Waals surface area contributed by atoms with Gasteiger partial charge in [0.25, 0.3) is 0 Å². The van der Waals surface area contributed by atoms with E-state index in [1.54, 1.807) is 13.2 Å². The van der Waals surface area contributed by atoms with Crippen LogP contribution in [-0.2, 0) is 4.74 Å². The lowest BCUT2D eigenvalue weighted by Gasteiger charge is -2.15. The van der Waals surface area contributed by atoms with E-state index in [2.05, 4.69) is 6.92 Å². The normalized spacial score (nSPS) is 12.8. The van der Waals surface area contributed by atoms with E-state index in [-0.39, 0.29) is 6.10 Å². The SMILES string of the molecule is CCC(OC)c1ccc(N)cc1N. The third-order valence-electron chi connectivity index (χ3n) is 2.11. The van der Waals surface area contributed by atoms with Gasteiger partial charge in [0.2, 0.25) is 0 Å². The van der Waals surface area contributed by atoms with Crippen LogP contribution in [0.2, 0.25) is 0 Å². The van der Waals surface area contributed by atoms with Crippen LogP contribution in [0.15, 0.2) is 18.2 Å². The Hall–Kier alpha value is -1.22. The van der Waals surface area contributed by atoms with Crippen molar-refractivity contribution >= 4 is 11.4 Å². The quantitative estimate of drug-likeness (QED) is 0.699. The summed E-state index contributed by atoms with van der Waals surface area (Å²) in [5.41, 5.74) is 13.8. The summed E-state index contributed by atoms with van der Waals surface area (Å²) >= 11 is 0. The number of hydrogen-bond acceptors (Lipinski definition) is 3. The van der Waals surface area contributed by atoms with Crippen LogP contribution in [0.3, 0.4) is 0 Å². The van der Waals surface area contributed by atoms with Gasteiger partial charge in [0.05, 0.1) is 6.10 Å². The maximum atomic E-state index is 5.81. The number of nitrogens with two attached hydrogens (primary N) is 2. The molecule has 0 aliphatic carbocycles. The van der Waals surface area contributed by atoms with Gasteiger partial charge in [-0.25, -0.2) is 0 Å². The van der Waals surface area contributed by atoms with Gasteiger partial charge in [-0.3, -0.25) is 0 Å². The molecule has 1 rings (SSSR count). The molecule has 0 radical (unpaired) electrons. The number of ether oxygens (including phenoxy) is 1. The van der Waals surface area contributed by atoms with Gasteiger partial charge >= 0.3 is 0 Å². The standard InChI is InChI=1S/C10H16N2O/c1-3-10(13-2)8-5-4-7(11)6-9(8)12/h4-6,10H,3,11-12H2,1-2H3. The van der Waals surface area contributed by atoms with E-state index in [9.17, 15) is 0 Å². The Morgan fingerprint density at radius 2 is 2.08 bits per heavy atom. The Labute approximate surface area is 78.7 Å². The Balaban J connectivity index is 2.99. The zero-order chi connectivity index (χ0) is 9.84. The van der Waals surface area contributed by atoms with E-state index in [1.807, 2.05) is 12.1 Å². The molecule has 3 nitrogen and oxygen atoms in total. The van der Waals surface area contributed by atoms with Crippen LogP contribution in [0.4, 0.5) is 11.4 Å². The fourth-order valence-corrected chi connectivity index (χ4v) is 1.40. The lowest BCUT2D eigenvalue weighted by molar-refractivity contribution is 0.101. The second-order valence-corrected chi connectivity index (χ2v) is 3.02. The highest BCUT2D eigenvalue weighted by atomic mass is 16.5. The van der Waals surface area contributed by atoms with Crippen LogP contribution < -0.4 is 11.5 Å². The molecular weight excluding hydrogens is 164 g/mol. The van der Waals surface area contributed by atoms with Crippen LogP contribution in [0.5, 0.6) is 0 Å². The molecule has 0 saturated carbocycles.